The number of carboxylic acid groups (broad SMARTS) is 1. The van der Waals surface area contributed by atoms with Crippen LogP contribution in [0.4, 0.5) is 10.5 Å². The third-order valence-corrected chi connectivity index (χ3v) is 4.29. The van der Waals surface area contributed by atoms with Gasteiger partial charge in [-0.25, -0.2) is 4.79 Å². The highest BCUT2D eigenvalue weighted by atomic mass is 35.5. The minimum atomic E-state index is -0.820. The molecule has 2 aliphatic rings. The van der Waals surface area contributed by atoms with Gasteiger partial charge in [0.15, 0.2) is 0 Å². The van der Waals surface area contributed by atoms with E-state index in [2.05, 4.69) is 11.4 Å². The SMILES string of the molecule is O=C(O)N1C[C@@H]2CCNc3c(Cl)cccc3[C@H]2C1. The summed E-state index contributed by atoms with van der Waals surface area (Å²) in [5, 5.41) is 13.2. The van der Waals surface area contributed by atoms with Crippen LogP contribution >= 0.6 is 11.6 Å². The molecule has 96 valence electrons. The summed E-state index contributed by atoms with van der Waals surface area (Å²) in [5.74, 6) is 0.665. The van der Waals surface area contributed by atoms with Crippen molar-refractivity contribution in [3.05, 3.63) is 28.8 Å². The molecule has 2 atom stereocenters. The molecular formula is C13H15ClN2O2. The number of para-hydroxylation sites is 1. The Morgan fingerprint density at radius 3 is 3.06 bits per heavy atom. The summed E-state index contributed by atoms with van der Waals surface area (Å²) in [6.07, 6.45) is 0.166. The molecule has 1 amide bonds. The highest BCUT2D eigenvalue weighted by Gasteiger charge is 2.38. The van der Waals surface area contributed by atoms with Crippen molar-refractivity contribution in [3.8, 4) is 0 Å². The quantitative estimate of drug-likeness (QED) is 0.759. The van der Waals surface area contributed by atoms with E-state index in [1.807, 2.05) is 12.1 Å². The van der Waals surface area contributed by atoms with Crippen molar-refractivity contribution in [2.24, 2.45) is 5.92 Å². The third-order valence-electron chi connectivity index (χ3n) is 3.97. The molecule has 0 spiro atoms. The lowest BCUT2D eigenvalue weighted by Crippen LogP contribution is -2.27. The van der Waals surface area contributed by atoms with E-state index in [4.69, 9.17) is 16.7 Å². The van der Waals surface area contributed by atoms with Crippen molar-refractivity contribution < 1.29 is 9.90 Å². The molecule has 2 N–H and O–H groups in total. The Kier molecular flexibility index (Phi) is 2.82. The van der Waals surface area contributed by atoms with Gasteiger partial charge >= 0.3 is 6.09 Å². The molecule has 0 bridgehead atoms. The summed E-state index contributed by atoms with van der Waals surface area (Å²) in [6.45, 7) is 2.06. The number of halogens is 1. The molecule has 0 aromatic heterocycles. The molecule has 18 heavy (non-hydrogen) atoms. The Labute approximate surface area is 111 Å². The van der Waals surface area contributed by atoms with Crippen LogP contribution in [0.5, 0.6) is 0 Å². The number of fused-ring (bicyclic) bond motifs is 3. The number of rotatable bonds is 0. The summed E-state index contributed by atoms with van der Waals surface area (Å²) >= 11 is 6.21. The maximum absolute atomic E-state index is 11.1. The number of hydrogen-bond donors (Lipinski definition) is 2. The molecule has 5 heteroatoms. The zero-order valence-electron chi connectivity index (χ0n) is 9.90. The van der Waals surface area contributed by atoms with E-state index in [0.717, 1.165) is 29.2 Å². The minimum Gasteiger partial charge on any atom is -0.465 e. The Morgan fingerprint density at radius 2 is 2.28 bits per heavy atom. The molecule has 1 saturated heterocycles. The minimum absolute atomic E-state index is 0.268. The Balaban J connectivity index is 1.99. The van der Waals surface area contributed by atoms with E-state index in [9.17, 15) is 4.79 Å². The molecule has 0 aliphatic carbocycles. The topological polar surface area (TPSA) is 52.6 Å². The average molecular weight is 267 g/mol. The van der Waals surface area contributed by atoms with Crippen LogP contribution in [0, 0.1) is 5.92 Å². The van der Waals surface area contributed by atoms with Gasteiger partial charge in [-0.05, 0) is 24.0 Å². The predicted molar refractivity (Wildman–Crippen MR) is 70.4 cm³/mol. The highest BCUT2D eigenvalue weighted by molar-refractivity contribution is 6.33. The molecular weight excluding hydrogens is 252 g/mol. The molecule has 0 radical (unpaired) electrons. The van der Waals surface area contributed by atoms with Gasteiger partial charge in [-0.1, -0.05) is 23.7 Å². The number of carbonyl (C=O) groups is 1. The molecule has 0 saturated carbocycles. The number of benzene rings is 1. The lowest BCUT2D eigenvalue weighted by atomic mass is 9.87. The van der Waals surface area contributed by atoms with Crippen molar-refractivity contribution in [2.45, 2.75) is 12.3 Å². The zero-order valence-corrected chi connectivity index (χ0v) is 10.7. The van der Waals surface area contributed by atoms with E-state index in [1.165, 1.54) is 4.90 Å². The van der Waals surface area contributed by atoms with Crippen molar-refractivity contribution in [3.63, 3.8) is 0 Å². The summed E-state index contributed by atoms with van der Waals surface area (Å²) in [4.78, 5) is 12.6. The van der Waals surface area contributed by atoms with E-state index in [-0.39, 0.29) is 5.92 Å². The van der Waals surface area contributed by atoms with E-state index >= 15 is 0 Å². The third kappa shape index (κ3) is 1.81. The maximum Gasteiger partial charge on any atom is 0.407 e. The maximum atomic E-state index is 11.1. The normalized spacial score (nSPS) is 25.9. The lowest BCUT2D eigenvalue weighted by molar-refractivity contribution is 0.153. The van der Waals surface area contributed by atoms with Gasteiger partial charge in [0, 0.05) is 25.6 Å². The summed E-state index contributed by atoms with van der Waals surface area (Å²) in [7, 11) is 0. The van der Waals surface area contributed by atoms with Gasteiger partial charge in [-0.2, -0.15) is 0 Å². The Morgan fingerprint density at radius 1 is 1.44 bits per heavy atom. The Bertz CT molecular complexity index is 492. The van der Waals surface area contributed by atoms with Crippen molar-refractivity contribution in [2.75, 3.05) is 25.0 Å². The van der Waals surface area contributed by atoms with Crippen molar-refractivity contribution in [1.82, 2.24) is 4.90 Å². The fourth-order valence-corrected chi connectivity index (χ4v) is 3.34. The van der Waals surface area contributed by atoms with E-state index in [1.54, 1.807) is 0 Å². The summed E-state index contributed by atoms with van der Waals surface area (Å²) in [6, 6.07) is 5.87. The first-order valence-electron chi connectivity index (χ1n) is 6.17. The second kappa shape index (κ2) is 4.35. The summed E-state index contributed by atoms with van der Waals surface area (Å²) in [5.41, 5.74) is 2.15. The molecule has 2 aliphatic heterocycles. The number of hydrogen-bond acceptors (Lipinski definition) is 2. The van der Waals surface area contributed by atoms with Crippen LogP contribution in [-0.2, 0) is 0 Å². The number of anilines is 1. The molecule has 1 aromatic rings. The van der Waals surface area contributed by atoms with Gasteiger partial charge in [0.05, 0.1) is 10.7 Å². The first-order chi connectivity index (χ1) is 8.66. The van der Waals surface area contributed by atoms with Gasteiger partial charge in [0.2, 0.25) is 0 Å². The van der Waals surface area contributed by atoms with E-state index in [0.29, 0.717) is 19.0 Å². The van der Waals surface area contributed by atoms with Gasteiger partial charge < -0.3 is 15.3 Å². The van der Waals surface area contributed by atoms with E-state index < -0.39 is 6.09 Å². The second-order valence-electron chi connectivity index (χ2n) is 4.97. The number of amides is 1. The lowest BCUT2D eigenvalue weighted by Gasteiger charge is -2.17. The highest BCUT2D eigenvalue weighted by Crippen LogP contribution is 2.42. The van der Waals surface area contributed by atoms with Gasteiger partial charge in [-0.15, -0.1) is 0 Å². The van der Waals surface area contributed by atoms with Crippen molar-refractivity contribution >= 4 is 23.4 Å². The molecule has 1 aromatic carbocycles. The summed E-state index contributed by atoms with van der Waals surface area (Å²) < 4.78 is 0. The molecule has 3 rings (SSSR count). The first kappa shape index (κ1) is 11.7. The second-order valence-corrected chi connectivity index (χ2v) is 5.38. The monoisotopic (exact) mass is 266 g/mol. The number of nitrogens with one attached hydrogen (secondary N) is 1. The van der Waals surface area contributed by atoms with Crippen LogP contribution in [0.15, 0.2) is 18.2 Å². The number of likely N-dealkylation sites (tertiary alicyclic amines) is 1. The largest absolute Gasteiger partial charge is 0.465 e. The van der Waals surface area contributed by atoms with Crippen LogP contribution in [0.25, 0.3) is 0 Å². The standard InChI is InChI=1S/C13H15ClN2O2/c14-11-3-1-2-9-10-7-16(13(17)18)6-8(10)4-5-15-12(9)11/h1-3,8,10,15H,4-7H2,(H,17,18)/t8-,10-/m0/s1. The van der Waals surface area contributed by atoms with Crippen LogP contribution in [0.1, 0.15) is 17.9 Å². The zero-order chi connectivity index (χ0) is 12.7. The first-order valence-corrected chi connectivity index (χ1v) is 6.55. The predicted octanol–water partition coefficient (Wildman–Crippen LogP) is 2.85. The van der Waals surface area contributed by atoms with Gasteiger partial charge in [0.25, 0.3) is 0 Å². The van der Waals surface area contributed by atoms with Crippen LogP contribution in [0.2, 0.25) is 5.02 Å². The average Bonchev–Trinajstić information content (AvgIpc) is 2.68. The number of nitrogens with zero attached hydrogens (tertiary/aromatic N) is 1. The molecule has 0 unspecified atom stereocenters. The van der Waals surface area contributed by atoms with Crippen LogP contribution in [0.3, 0.4) is 0 Å². The van der Waals surface area contributed by atoms with Crippen molar-refractivity contribution in [1.29, 1.82) is 0 Å². The fourth-order valence-electron chi connectivity index (χ4n) is 3.09. The smallest absolute Gasteiger partial charge is 0.407 e. The van der Waals surface area contributed by atoms with Crippen LogP contribution < -0.4 is 5.32 Å². The van der Waals surface area contributed by atoms with Crippen LogP contribution in [-0.4, -0.2) is 35.7 Å². The molecule has 1 fully saturated rings. The fraction of sp³-hybridized carbons (Fsp3) is 0.462. The molecule has 4 nitrogen and oxygen atoms in total. The Hall–Kier alpha value is -1.42. The molecule has 2 heterocycles. The van der Waals surface area contributed by atoms with Gasteiger partial charge in [-0.3, -0.25) is 0 Å². The van der Waals surface area contributed by atoms with Gasteiger partial charge in [0.1, 0.15) is 0 Å².